The van der Waals surface area contributed by atoms with Crippen molar-refractivity contribution in [2.24, 2.45) is 39.0 Å². The van der Waals surface area contributed by atoms with Crippen LogP contribution in [0.25, 0.3) is 0 Å². The highest BCUT2D eigenvalue weighted by atomic mass is 32.2. The smallest absolute Gasteiger partial charge is 0.330 e. The van der Waals surface area contributed by atoms with Crippen molar-refractivity contribution < 1.29 is 61.7 Å². The summed E-state index contributed by atoms with van der Waals surface area (Å²) < 4.78 is 33.6. The summed E-state index contributed by atoms with van der Waals surface area (Å²) in [5.74, 6) is -0.570. The second-order valence-corrected chi connectivity index (χ2v) is 48.2. The van der Waals surface area contributed by atoms with Gasteiger partial charge in [-0.2, -0.15) is 5.26 Å². The van der Waals surface area contributed by atoms with E-state index in [1.165, 1.54) is 18.6 Å². The number of aromatic nitrogens is 1. The standard InChI is InChI=1S/C10H20N2O.C9H13N.C8H17NO.C7H15NO.C7H13NO.C7H12O2.C6H13NO.C6H15N.C5H13NO2S.C5H11NO.C5H9N.C5H10O2.C5H12.C4H11N.C4H10O.C4H10/c1-10(2,3)11-9(13)7-6-8-12(4)5;1-9(2,3)8-4-6-10-7-5-8;1-8(2,3)9-4-6-10-7-5-9;2*1-5-6(9)8-7(2,3)4;1-5-6(8)9-7(2,3)4;1-5(8)7-6(2,3)4;1-6(2,3)7(4)5;1-5(2,3)6-9(4,7)8;1-5(2,3)4(6)7;1-5(2,3)4-6;1-5(2,3)4(6)7;1-5(2,3)4;2*1-4(2,3)5;1-4(2)3/h6-7H,8H2,1-5H3,(H,11,13);4-7H,1-3H3;4-7H2,1-3H3;5H2,1-4H3,(H,8,9);5H,1H2,2-4H3,(H,8,9);5H,1H2,2-4H3;1-4H3,(H,7,8);1-5H3;6H,1-4H3;1-3H3,(H2,6,7);1-3H3;1-3H3,(H,6,7);1-4H3;5H2,1-3H3;5H,1-3H3;4H,1-3H3/b7-6+;;;;;;;;;;;;;;;. The van der Waals surface area contributed by atoms with E-state index >= 15 is 0 Å². The largest absolute Gasteiger partial charge is 0.481 e. The highest BCUT2D eigenvalue weighted by molar-refractivity contribution is 7.88. The Morgan fingerprint density at radius 1 is 0.593 bits per heavy atom. The second-order valence-electron chi connectivity index (χ2n) is 46.4. The summed E-state index contributed by atoms with van der Waals surface area (Å²) in [6, 6.07) is 6.22. The van der Waals surface area contributed by atoms with Crippen LogP contribution in [0.2, 0.25) is 0 Å². The van der Waals surface area contributed by atoms with E-state index in [2.05, 4.69) is 197 Å². The van der Waals surface area contributed by atoms with Crippen LogP contribution in [0.5, 0.6) is 0 Å². The molecule has 11 N–H and O–H groups in total. The van der Waals surface area contributed by atoms with Crippen molar-refractivity contribution in [1.29, 1.82) is 5.26 Å². The number of aliphatic carboxylic acids is 1. The maximum Gasteiger partial charge on any atom is 0.330 e. The number of primary amides is 1. The number of esters is 1. The van der Waals surface area contributed by atoms with Gasteiger partial charge in [-0.15, -0.1) is 0 Å². The Morgan fingerprint density at radius 3 is 0.992 bits per heavy atom. The van der Waals surface area contributed by atoms with Gasteiger partial charge in [0, 0.05) is 113 Å². The fraction of sp³-hybridized carbons (Fsp3) is 0.804. The van der Waals surface area contributed by atoms with E-state index in [1.54, 1.807) is 89.2 Å². The fourth-order valence-corrected chi connectivity index (χ4v) is 6.34. The zero-order chi connectivity index (χ0) is 103. The zero-order valence-electron chi connectivity index (χ0n) is 90.5. The summed E-state index contributed by atoms with van der Waals surface area (Å²) in [5.41, 5.74) is 10.2. The Morgan fingerprint density at radius 2 is 0.878 bits per heavy atom. The molecule has 0 bridgehead atoms. The van der Waals surface area contributed by atoms with E-state index < -0.39 is 32.6 Å². The lowest BCUT2D eigenvalue weighted by Crippen LogP contribution is -2.47. The Bertz CT molecular complexity index is 2960. The summed E-state index contributed by atoms with van der Waals surface area (Å²) in [6.45, 7) is 111. The predicted octanol–water partition coefficient (Wildman–Crippen LogP) is 19.5. The molecule has 5 amide bonds. The van der Waals surface area contributed by atoms with Crippen LogP contribution in [0.3, 0.4) is 0 Å². The first kappa shape index (κ1) is 148. The van der Waals surface area contributed by atoms with Crippen LogP contribution in [-0.2, 0) is 58.5 Å². The van der Waals surface area contributed by atoms with Gasteiger partial charge >= 0.3 is 11.9 Å². The van der Waals surface area contributed by atoms with Gasteiger partial charge in [-0.3, -0.25) is 38.7 Å². The molecule has 1 aromatic heterocycles. The maximum atomic E-state index is 11.2. The average Bonchev–Trinajstić information content (AvgIpc) is 0.882. The topological polar surface area (TPSA) is 371 Å². The molecule has 0 unspecified atom stereocenters. The van der Waals surface area contributed by atoms with Crippen LogP contribution >= 0.6 is 0 Å². The van der Waals surface area contributed by atoms with Gasteiger partial charge < -0.3 is 62.2 Å². The number of morpholine rings is 1. The van der Waals surface area contributed by atoms with Crippen molar-refractivity contribution in [2.45, 2.75) is 420 Å². The fourth-order valence-electron chi connectivity index (χ4n) is 5.22. The minimum Gasteiger partial charge on any atom is -0.481 e. The highest BCUT2D eigenvalue weighted by Gasteiger charge is 2.24. The number of pyridine rings is 1. The summed E-state index contributed by atoms with van der Waals surface area (Å²) in [7, 11) is 5.06. The number of nitriles is 1. The summed E-state index contributed by atoms with van der Waals surface area (Å²) >= 11 is 0. The van der Waals surface area contributed by atoms with Gasteiger partial charge in [0.25, 0.3) is 0 Å². The molecule has 1 aliphatic rings. The van der Waals surface area contributed by atoms with Crippen molar-refractivity contribution in [3.8, 4) is 6.07 Å². The number of ether oxygens (including phenoxy) is 2. The van der Waals surface area contributed by atoms with E-state index in [1.807, 2.05) is 190 Å². The first-order valence-electron chi connectivity index (χ1n) is 42.5. The van der Waals surface area contributed by atoms with Crippen molar-refractivity contribution >= 4 is 51.5 Å². The minimum absolute atomic E-state index is 0. The number of amides is 5. The van der Waals surface area contributed by atoms with Crippen LogP contribution in [0.4, 0.5) is 0 Å². The molecule has 0 spiro atoms. The Kier molecular flexibility index (Phi) is 83.1. The molecule has 0 aromatic carbocycles. The monoisotopic (exact) mass is 1780 g/mol. The molecule has 1 aliphatic heterocycles. The molecule has 0 radical (unpaired) electrons. The van der Waals surface area contributed by atoms with E-state index in [0.717, 1.165) is 51.1 Å². The second kappa shape index (κ2) is 68.9. The SMILES string of the molecule is C=CC(=O)NC(C)(C)C.C=CC(=O)OC(C)(C)C.CC(=O)NC(C)(C)C.CC(C)(C)C.CC(C)(C)C#N.CC(C)(C)C(=O)O.CC(C)(C)C(N)=O.CC(C)(C)N.CC(C)(C)N1CCOCC1.CC(C)(C)NS(C)(=O)=O.CC(C)(C)O.CC(C)(C)c1ccncc1.CC(C)C.CCC(=O)NC(C)(C)C.CN(C)C(C)(C)C.CN(C)C/C=C/C(=O)NC(C)(C)C. The zero-order valence-corrected chi connectivity index (χ0v) is 91.4. The Balaban J connectivity index is -0.0000000865. The number of hydrogen-bond acceptors (Lipinski definition) is 18. The molecule has 1 fully saturated rings. The number of likely N-dealkylation sites (N-methyl/N-ethyl adjacent to an activating group) is 1. The number of carbonyl (C=O) groups excluding carboxylic acids is 6. The van der Waals surface area contributed by atoms with E-state index in [9.17, 15) is 42.0 Å². The first-order chi connectivity index (χ1) is 53.1. The van der Waals surface area contributed by atoms with Gasteiger partial charge in [0.1, 0.15) is 5.60 Å². The molecule has 1 aromatic rings. The number of carboxylic acids is 1. The normalized spacial score (nSPS) is 12.5. The summed E-state index contributed by atoms with van der Waals surface area (Å²) in [5, 5.41) is 36.1. The third kappa shape index (κ3) is 204. The molecule has 0 atom stereocenters. The third-order valence-electron chi connectivity index (χ3n) is 10.9. The van der Waals surface area contributed by atoms with Gasteiger partial charge in [0.2, 0.25) is 39.6 Å². The highest BCUT2D eigenvalue weighted by Crippen LogP contribution is 2.21. The molecular formula is C97H204N12O13S. The number of carboxylic acid groups (broad SMARTS) is 1. The van der Waals surface area contributed by atoms with Gasteiger partial charge in [-0.05, 0) is 318 Å². The number of rotatable bonds is 7. The third-order valence-corrected chi connectivity index (χ3v) is 11.9. The lowest BCUT2D eigenvalue weighted by Gasteiger charge is -2.38. The molecule has 1 saturated heterocycles. The predicted molar refractivity (Wildman–Crippen MR) is 530 cm³/mol. The molecule has 25 nitrogen and oxygen atoms in total. The number of nitrogens with one attached hydrogen (secondary N) is 5. The van der Waals surface area contributed by atoms with Crippen LogP contribution in [0, 0.1) is 38.9 Å². The van der Waals surface area contributed by atoms with Gasteiger partial charge in [-0.25, -0.2) is 17.9 Å². The van der Waals surface area contributed by atoms with Crippen molar-refractivity contribution in [2.75, 3.05) is 67.3 Å². The molecule has 2 heterocycles. The molecule has 2 rings (SSSR count). The van der Waals surface area contributed by atoms with Crippen LogP contribution in [-0.4, -0.2) is 203 Å². The lowest BCUT2D eigenvalue weighted by atomic mass is 9.88. The van der Waals surface area contributed by atoms with Gasteiger partial charge in [-0.1, -0.05) is 116 Å². The number of nitrogens with two attached hydrogens (primary N) is 2. The van der Waals surface area contributed by atoms with E-state index in [0.29, 0.717) is 22.9 Å². The maximum absolute atomic E-state index is 11.2. The van der Waals surface area contributed by atoms with Gasteiger partial charge in [0.15, 0.2) is 0 Å². The molecule has 123 heavy (non-hydrogen) atoms. The van der Waals surface area contributed by atoms with Crippen molar-refractivity contribution in [3.63, 3.8) is 0 Å². The van der Waals surface area contributed by atoms with Crippen LogP contribution in [0.15, 0.2) is 62.0 Å². The van der Waals surface area contributed by atoms with Crippen molar-refractivity contribution in [3.05, 3.63) is 67.6 Å². The Hall–Kier alpha value is -6.18. The summed E-state index contributed by atoms with van der Waals surface area (Å²) in [4.78, 5) is 84.2. The van der Waals surface area contributed by atoms with Crippen LogP contribution < -0.4 is 37.5 Å². The molecule has 26 heteroatoms. The summed E-state index contributed by atoms with van der Waals surface area (Å²) in [6.07, 6.45) is 11.2. The number of carbonyl (C=O) groups is 7. The molecular weight excluding hydrogens is 1570 g/mol. The minimum atomic E-state index is -3.03. The molecule has 0 aliphatic carbocycles. The Labute approximate surface area is 760 Å². The number of aliphatic hydroxyl groups is 1. The van der Waals surface area contributed by atoms with Crippen LogP contribution in [0.1, 0.15) is 365 Å². The number of nitrogens with zero attached hydrogens (tertiary/aromatic N) is 5. The lowest BCUT2D eigenvalue weighted by molar-refractivity contribution is -0.148. The quantitative estimate of drug-likeness (QED) is 0.0904. The number of sulfonamides is 1. The molecule has 736 valence electrons. The van der Waals surface area contributed by atoms with E-state index in [4.69, 9.17) is 36.4 Å². The van der Waals surface area contributed by atoms with E-state index in [-0.39, 0.29) is 85.0 Å². The van der Waals surface area contributed by atoms with Crippen molar-refractivity contribution in [1.82, 2.24) is 45.7 Å². The van der Waals surface area contributed by atoms with Gasteiger partial charge in [0.05, 0.1) is 36.6 Å². The first-order valence-corrected chi connectivity index (χ1v) is 44.4. The molecule has 0 saturated carbocycles. The average molecular weight is 1780 g/mol. The number of hydrogen-bond donors (Lipinski definition) is 9.